The minimum absolute atomic E-state index is 0.0844. The Morgan fingerprint density at radius 2 is 1.85 bits per heavy atom. The second kappa shape index (κ2) is 8.43. The van der Waals surface area contributed by atoms with E-state index in [1.165, 1.54) is 0 Å². The van der Waals surface area contributed by atoms with E-state index in [2.05, 4.69) is 22.5 Å². The first-order chi connectivity index (χ1) is 12.6. The van der Waals surface area contributed by atoms with Gasteiger partial charge in [-0.25, -0.2) is 0 Å². The zero-order valence-electron chi connectivity index (χ0n) is 14.9. The Labute approximate surface area is 153 Å². The molecule has 0 saturated carbocycles. The van der Waals surface area contributed by atoms with Crippen LogP contribution in [0.25, 0.3) is 0 Å². The van der Waals surface area contributed by atoms with E-state index in [1.807, 2.05) is 24.3 Å². The molecule has 2 amide bonds. The number of rotatable bonds is 5. The molecule has 134 valence electrons. The highest BCUT2D eigenvalue weighted by molar-refractivity contribution is 6.05. The molecule has 0 radical (unpaired) electrons. The van der Waals surface area contributed by atoms with Gasteiger partial charge in [-0.1, -0.05) is 24.3 Å². The predicted molar refractivity (Wildman–Crippen MR) is 102 cm³/mol. The molecule has 1 N–H and O–H groups in total. The Morgan fingerprint density at radius 3 is 2.50 bits per heavy atom. The van der Waals surface area contributed by atoms with E-state index in [9.17, 15) is 9.59 Å². The average molecular weight is 349 g/mol. The SMILES string of the molecule is CN(C(=O)c1ccncc1)c1ccc(CNC(=O)[C@H]2CC=CCC2)cc1. The van der Waals surface area contributed by atoms with Crippen LogP contribution in [0.2, 0.25) is 0 Å². The number of pyridine rings is 1. The molecule has 26 heavy (non-hydrogen) atoms. The summed E-state index contributed by atoms with van der Waals surface area (Å²) in [6.07, 6.45) is 10.1. The largest absolute Gasteiger partial charge is 0.352 e. The van der Waals surface area contributed by atoms with Crippen molar-refractivity contribution in [2.45, 2.75) is 25.8 Å². The van der Waals surface area contributed by atoms with Gasteiger partial charge >= 0.3 is 0 Å². The number of hydrogen-bond donors (Lipinski definition) is 1. The lowest BCUT2D eigenvalue weighted by Gasteiger charge is -2.19. The van der Waals surface area contributed by atoms with Crippen molar-refractivity contribution in [3.63, 3.8) is 0 Å². The minimum atomic E-state index is -0.0844. The van der Waals surface area contributed by atoms with Crippen LogP contribution in [0.1, 0.15) is 35.2 Å². The molecular formula is C21H23N3O2. The number of hydrogen-bond acceptors (Lipinski definition) is 3. The maximum absolute atomic E-state index is 12.5. The summed E-state index contributed by atoms with van der Waals surface area (Å²) in [6, 6.07) is 11.1. The zero-order valence-corrected chi connectivity index (χ0v) is 14.9. The van der Waals surface area contributed by atoms with Crippen molar-refractivity contribution in [3.8, 4) is 0 Å². The number of benzene rings is 1. The van der Waals surface area contributed by atoms with Crippen LogP contribution >= 0.6 is 0 Å². The Balaban J connectivity index is 1.57. The van der Waals surface area contributed by atoms with E-state index in [4.69, 9.17) is 0 Å². The van der Waals surface area contributed by atoms with Crippen LogP contribution in [0, 0.1) is 5.92 Å². The number of carbonyl (C=O) groups excluding carboxylic acids is 2. The first kappa shape index (κ1) is 17.9. The molecule has 2 aromatic rings. The van der Waals surface area contributed by atoms with Crippen molar-refractivity contribution in [3.05, 3.63) is 72.1 Å². The number of anilines is 1. The number of amides is 2. The van der Waals surface area contributed by atoms with Gasteiger partial charge in [-0.2, -0.15) is 0 Å². The lowest BCUT2D eigenvalue weighted by Crippen LogP contribution is -2.30. The summed E-state index contributed by atoms with van der Waals surface area (Å²) >= 11 is 0. The summed E-state index contributed by atoms with van der Waals surface area (Å²) in [7, 11) is 1.75. The second-order valence-corrected chi connectivity index (χ2v) is 6.47. The quantitative estimate of drug-likeness (QED) is 0.842. The van der Waals surface area contributed by atoms with Crippen LogP contribution in [0.3, 0.4) is 0 Å². The second-order valence-electron chi connectivity index (χ2n) is 6.47. The van der Waals surface area contributed by atoms with Crippen LogP contribution in [-0.4, -0.2) is 23.8 Å². The van der Waals surface area contributed by atoms with E-state index < -0.39 is 0 Å². The third kappa shape index (κ3) is 4.36. The standard InChI is InChI=1S/C21H23N3O2/c1-24(21(26)18-11-13-22-14-12-18)19-9-7-16(8-10-19)15-23-20(25)17-5-3-2-4-6-17/h2-3,7-14,17H,4-6,15H2,1H3,(H,23,25)/t17-/m0/s1. The van der Waals surface area contributed by atoms with Crippen LogP contribution in [0.5, 0.6) is 0 Å². The smallest absolute Gasteiger partial charge is 0.258 e. The fraction of sp³-hybridized carbons (Fsp3) is 0.286. The molecule has 1 aliphatic carbocycles. The fourth-order valence-corrected chi connectivity index (χ4v) is 3.01. The maximum Gasteiger partial charge on any atom is 0.258 e. The molecule has 1 aromatic heterocycles. The molecule has 5 nitrogen and oxygen atoms in total. The normalized spacial score (nSPS) is 16.1. The molecule has 1 heterocycles. The molecule has 0 spiro atoms. The van der Waals surface area contributed by atoms with Gasteiger partial charge in [0.25, 0.3) is 5.91 Å². The van der Waals surface area contributed by atoms with Crippen molar-refractivity contribution in [2.24, 2.45) is 5.92 Å². The van der Waals surface area contributed by atoms with E-state index in [1.54, 1.807) is 36.5 Å². The van der Waals surface area contributed by atoms with Crippen molar-refractivity contribution in [2.75, 3.05) is 11.9 Å². The van der Waals surface area contributed by atoms with Gasteiger partial charge in [0.15, 0.2) is 0 Å². The summed E-state index contributed by atoms with van der Waals surface area (Å²) in [5.74, 6) is 0.116. The highest BCUT2D eigenvalue weighted by Crippen LogP contribution is 2.19. The summed E-state index contributed by atoms with van der Waals surface area (Å²) in [6.45, 7) is 0.501. The number of nitrogens with zero attached hydrogens (tertiary/aromatic N) is 2. The third-order valence-electron chi connectivity index (χ3n) is 4.66. The molecular weight excluding hydrogens is 326 g/mol. The van der Waals surface area contributed by atoms with Gasteiger partial charge < -0.3 is 10.2 Å². The minimum Gasteiger partial charge on any atom is -0.352 e. The lowest BCUT2D eigenvalue weighted by molar-refractivity contribution is -0.125. The van der Waals surface area contributed by atoms with Gasteiger partial charge in [-0.3, -0.25) is 14.6 Å². The van der Waals surface area contributed by atoms with Crippen LogP contribution in [0.4, 0.5) is 5.69 Å². The summed E-state index contributed by atoms with van der Waals surface area (Å²) < 4.78 is 0. The predicted octanol–water partition coefficient (Wildman–Crippen LogP) is 3.33. The van der Waals surface area contributed by atoms with Crippen LogP contribution < -0.4 is 10.2 Å². The van der Waals surface area contributed by atoms with Crippen molar-refractivity contribution in [1.29, 1.82) is 0 Å². The average Bonchev–Trinajstić information content (AvgIpc) is 2.72. The maximum atomic E-state index is 12.5. The van der Waals surface area contributed by atoms with Gasteiger partial charge in [0, 0.05) is 43.2 Å². The first-order valence-corrected chi connectivity index (χ1v) is 8.85. The highest BCUT2D eigenvalue weighted by atomic mass is 16.2. The zero-order chi connectivity index (χ0) is 18.4. The highest BCUT2D eigenvalue weighted by Gasteiger charge is 2.18. The van der Waals surface area contributed by atoms with E-state index in [0.29, 0.717) is 12.1 Å². The van der Waals surface area contributed by atoms with Gasteiger partial charge in [-0.05, 0) is 49.1 Å². The van der Waals surface area contributed by atoms with E-state index in [0.717, 1.165) is 30.5 Å². The molecule has 5 heteroatoms. The fourth-order valence-electron chi connectivity index (χ4n) is 3.01. The van der Waals surface area contributed by atoms with Gasteiger partial charge in [0.1, 0.15) is 0 Å². The monoisotopic (exact) mass is 349 g/mol. The van der Waals surface area contributed by atoms with Gasteiger partial charge in [0.2, 0.25) is 5.91 Å². The summed E-state index contributed by atoms with van der Waals surface area (Å²) in [5.41, 5.74) is 2.41. The molecule has 1 aromatic carbocycles. The molecule has 0 saturated heterocycles. The Hall–Kier alpha value is -2.95. The number of aromatic nitrogens is 1. The molecule has 0 unspecified atom stereocenters. The molecule has 1 aliphatic rings. The first-order valence-electron chi connectivity index (χ1n) is 8.85. The van der Waals surface area contributed by atoms with Crippen molar-refractivity contribution < 1.29 is 9.59 Å². The Morgan fingerprint density at radius 1 is 1.12 bits per heavy atom. The summed E-state index contributed by atoms with van der Waals surface area (Å²) in [4.78, 5) is 30.2. The summed E-state index contributed by atoms with van der Waals surface area (Å²) in [5, 5.41) is 3.01. The van der Waals surface area contributed by atoms with Crippen molar-refractivity contribution in [1.82, 2.24) is 10.3 Å². The number of allylic oxidation sites excluding steroid dienone is 2. The molecule has 0 aliphatic heterocycles. The molecule has 1 atom stereocenters. The number of nitrogens with one attached hydrogen (secondary N) is 1. The van der Waals surface area contributed by atoms with E-state index >= 15 is 0 Å². The van der Waals surface area contributed by atoms with Gasteiger partial charge in [0.05, 0.1) is 0 Å². The number of carbonyl (C=O) groups is 2. The van der Waals surface area contributed by atoms with E-state index in [-0.39, 0.29) is 17.7 Å². The van der Waals surface area contributed by atoms with Crippen LogP contribution in [-0.2, 0) is 11.3 Å². The molecule has 3 rings (SSSR count). The molecule has 0 bridgehead atoms. The Kier molecular flexibility index (Phi) is 5.79. The van der Waals surface area contributed by atoms with Gasteiger partial charge in [-0.15, -0.1) is 0 Å². The molecule has 0 fully saturated rings. The Bertz CT molecular complexity index is 785. The van der Waals surface area contributed by atoms with Crippen molar-refractivity contribution >= 4 is 17.5 Å². The lowest BCUT2D eigenvalue weighted by atomic mass is 9.93. The topological polar surface area (TPSA) is 62.3 Å². The van der Waals surface area contributed by atoms with Crippen LogP contribution in [0.15, 0.2) is 60.9 Å². The third-order valence-corrected chi connectivity index (χ3v) is 4.66.